The molecule has 0 atom stereocenters. The summed E-state index contributed by atoms with van der Waals surface area (Å²) < 4.78 is 15.6. The Labute approximate surface area is 194 Å². The second-order valence-corrected chi connectivity index (χ2v) is 8.61. The van der Waals surface area contributed by atoms with E-state index in [1.54, 1.807) is 13.1 Å². The molecule has 9 heteroatoms. The summed E-state index contributed by atoms with van der Waals surface area (Å²) in [5.74, 6) is -0.172. The summed E-state index contributed by atoms with van der Waals surface area (Å²) in [6, 6.07) is 9.69. The first kappa shape index (κ1) is 24.4. The lowest BCUT2D eigenvalue weighted by molar-refractivity contribution is -0.119. The minimum absolute atomic E-state index is 0.0894. The molecule has 3 rings (SSSR count). The van der Waals surface area contributed by atoms with E-state index in [9.17, 15) is 10.1 Å². The summed E-state index contributed by atoms with van der Waals surface area (Å²) in [6.07, 6.45) is 3.73. The van der Waals surface area contributed by atoms with Crippen LogP contribution in [0.5, 0.6) is 0 Å². The number of carbonyl (C=O) groups is 1. The molecule has 1 aliphatic carbocycles. The summed E-state index contributed by atoms with van der Waals surface area (Å²) in [5.41, 5.74) is 6.78. The van der Waals surface area contributed by atoms with Crippen molar-refractivity contribution >= 4 is 18.5 Å². The Hall–Kier alpha value is -3.25. The fourth-order valence-electron chi connectivity index (χ4n) is 4.17. The zero-order valence-corrected chi connectivity index (χ0v) is 19.1. The van der Waals surface area contributed by atoms with E-state index < -0.39 is 5.83 Å². The second-order valence-electron chi connectivity index (χ2n) is 8.61. The summed E-state index contributed by atoms with van der Waals surface area (Å²) in [6.45, 7) is 6.44. The normalized spacial score (nSPS) is 18.3. The van der Waals surface area contributed by atoms with E-state index in [1.165, 1.54) is 0 Å². The van der Waals surface area contributed by atoms with Crippen LogP contribution < -0.4 is 11.1 Å². The molecule has 0 aromatic heterocycles. The molecule has 1 aromatic carbocycles. The highest BCUT2D eigenvalue weighted by atomic mass is 19.1. The highest BCUT2D eigenvalue weighted by Gasteiger charge is 2.34. The minimum atomic E-state index is -0.526. The van der Waals surface area contributed by atoms with Gasteiger partial charge in [-0.05, 0) is 69.1 Å². The zero-order valence-electron chi connectivity index (χ0n) is 19.1. The Kier molecular flexibility index (Phi) is 8.55. The summed E-state index contributed by atoms with van der Waals surface area (Å²) in [5, 5.41) is 12.3. The molecule has 0 spiro atoms. The maximum absolute atomic E-state index is 15.6. The Morgan fingerprint density at radius 3 is 2.67 bits per heavy atom. The average molecular weight is 454 g/mol. The molecule has 1 saturated carbocycles. The van der Waals surface area contributed by atoms with Crippen LogP contribution in [0.1, 0.15) is 36.8 Å². The van der Waals surface area contributed by atoms with Gasteiger partial charge in [-0.3, -0.25) is 14.7 Å². The number of amidine groups is 1. The van der Waals surface area contributed by atoms with Gasteiger partial charge in [-0.2, -0.15) is 9.65 Å². The van der Waals surface area contributed by atoms with Crippen LogP contribution in [0.4, 0.5) is 4.39 Å². The molecule has 0 radical (unpaired) electrons. The number of primary amides is 1. The highest BCUT2D eigenvalue weighted by molar-refractivity contribution is 5.97. The van der Waals surface area contributed by atoms with Crippen LogP contribution in [-0.2, 0) is 11.3 Å². The fourth-order valence-corrected chi connectivity index (χ4v) is 4.17. The minimum Gasteiger partial charge on any atom is -0.369 e. The molecule has 3 N–H and O–H groups in total. The third-order valence-electron chi connectivity index (χ3n) is 6.09. The molecule has 1 saturated heterocycles. The van der Waals surface area contributed by atoms with Crippen molar-refractivity contribution in [3.8, 4) is 6.07 Å². The number of nitrogens with one attached hydrogen (secondary N) is 1. The quantitative estimate of drug-likeness (QED) is 0.417. The molecular formula is C24H32FN7O. The first-order valence-electron chi connectivity index (χ1n) is 11.3. The van der Waals surface area contributed by atoms with E-state index >= 15 is 4.39 Å². The van der Waals surface area contributed by atoms with Gasteiger partial charge in [0.15, 0.2) is 11.7 Å². The van der Waals surface area contributed by atoms with Gasteiger partial charge in [0.05, 0.1) is 18.2 Å². The van der Waals surface area contributed by atoms with Crippen LogP contribution >= 0.6 is 0 Å². The molecule has 2 fully saturated rings. The molecular weight excluding hydrogens is 421 g/mol. The standard InChI is InChI=1S/C24H32FN7O/c1-28-23(30-14-17-8-10-31(11-9-17)16-21(27)33)22(25)24(29-2)32(20-6-7-20)15-19-5-3-4-18(12-19)13-26/h3-5,12,17,20,30H,1,6-11,14-16H2,2H3,(H2,27,33)/b23-22-,29-24+. The van der Waals surface area contributed by atoms with Gasteiger partial charge in [-0.1, -0.05) is 12.1 Å². The monoisotopic (exact) mass is 453 g/mol. The number of carbonyl (C=O) groups excluding carboxylic acids is 1. The van der Waals surface area contributed by atoms with E-state index in [0.29, 0.717) is 24.6 Å². The van der Waals surface area contributed by atoms with E-state index in [-0.39, 0.29) is 30.2 Å². The molecule has 1 amide bonds. The Balaban J connectivity index is 1.67. The molecule has 0 unspecified atom stereocenters. The van der Waals surface area contributed by atoms with Gasteiger partial charge in [0.25, 0.3) is 0 Å². The molecule has 33 heavy (non-hydrogen) atoms. The number of nitrogens with zero attached hydrogens (tertiary/aromatic N) is 5. The molecule has 8 nitrogen and oxygen atoms in total. The lowest BCUT2D eigenvalue weighted by Gasteiger charge is -2.31. The van der Waals surface area contributed by atoms with Crippen LogP contribution in [-0.4, -0.2) is 67.5 Å². The summed E-state index contributed by atoms with van der Waals surface area (Å²) >= 11 is 0. The number of halogens is 1. The zero-order chi connectivity index (χ0) is 23.8. The van der Waals surface area contributed by atoms with Crippen LogP contribution in [0.15, 0.2) is 45.9 Å². The van der Waals surface area contributed by atoms with Gasteiger partial charge in [0.2, 0.25) is 11.7 Å². The van der Waals surface area contributed by atoms with Gasteiger partial charge in [-0.25, -0.2) is 4.99 Å². The second kappa shape index (κ2) is 11.6. The predicted molar refractivity (Wildman–Crippen MR) is 127 cm³/mol. The Bertz CT molecular complexity index is 956. The number of amides is 1. The van der Waals surface area contributed by atoms with E-state index in [1.807, 2.05) is 28.0 Å². The molecule has 1 heterocycles. The summed E-state index contributed by atoms with van der Waals surface area (Å²) in [7, 11) is 1.57. The largest absolute Gasteiger partial charge is 0.369 e. The SMILES string of the molecule is C=N/C(NCC1CCN(CC(N)=O)CC1)=C(F)\C(=N/C)N(Cc1cccc(C#N)c1)C1CC1. The van der Waals surface area contributed by atoms with Crippen LogP contribution in [0, 0.1) is 17.2 Å². The topological polar surface area (TPSA) is 110 Å². The third kappa shape index (κ3) is 6.86. The Morgan fingerprint density at radius 2 is 2.09 bits per heavy atom. The lowest BCUT2D eigenvalue weighted by atomic mass is 9.97. The number of benzene rings is 1. The smallest absolute Gasteiger partial charge is 0.231 e. The third-order valence-corrected chi connectivity index (χ3v) is 6.09. The van der Waals surface area contributed by atoms with Crippen LogP contribution in [0.25, 0.3) is 0 Å². The van der Waals surface area contributed by atoms with Crippen LogP contribution in [0.3, 0.4) is 0 Å². The van der Waals surface area contributed by atoms with Crippen molar-refractivity contribution in [3.05, 3.63) is 47.0 Å². The first-order valence-corrected chi connectivity index (χ1v) is 11.3. The number of nitrogens with two attached hydrogens (primary N) is 1. The van der Waals surface area contributed by atoms with Crippen molar-refractivity contribution in [1.29, 1.82) is 5.26 Å². The maximum Gasteiger partial charge on any atom is 0.231 e. The molecule has 1 aromatic rings. The van der Waals surface area contributed by atoms with Gasteiger partial charge in [-0.15, -0.1) is 0 Å². The number of rotatable bonds is 10. The number of hydrogen-bond acceptors (Lipinski definition) is 6. The average Bonchev–Trinajstić information content (AvgIpc) is 3.65. The molecule has 0 bridgehead atoms. The summed E-state index contributed by atoms with van der Waals surface area (Å²) in [4.78, 5) is 23.3. The number of likely N-dealkylation sites (tertiary alicyclic amines) is 1. The fraction of sp³-hybridized carbons (Fsp3) is 0.500. The lowest BCUT2D eigenvalue weighted by Crippen LogP contribution is -2.41. The first-order chi connectivity index (χ1) is 15.9. The number of nitriles is 1. The molecule has 1 aliphatic heterocycles. The highest BCUT2D eigenvalue weighted by Crippen LogP contribution is 2.31. The van der Waals surface area contributed by atoms with Crippen molar-refractivity contribution in [3.63, 3.8) is 0 Å². The Morgan fingerprint density at radius 1 is 1.36 bits per heavy atom. The molecule has 176 valence electrons. The number of hydrogen-bond donors (Lipinski definition) is 2. The van der Waals surface area contributed by atoms with E-state index in [4.69, 9.17) is 5.73 Å². The van der Waals surface area contributed by atoms with Gasteiger partial charge in [0.1, 0.15) is 0 Å². The van der Waals surface area contributed by atoms with Crippen molar-refractivity contribution in [2.75, 3.05) is 33.2 Å². The van der Waals surface area contributed by atoms with Crippen molar-refractivity contribution in [1.82, 2.24) is 15.1 Å². The van der Waals surface area contributed by atoms with Gasteiger partial charge in [0, 0.05) is 26.2 Å². The predicted octanol–water partition coefficient (Wildman–Crippen LogP) is 2.18. The van der Waals surface area contributed by atoms with Crippen molar-refractivity contribution in [2.45, 2.75) is 38.3 Å². The number of aliphatic imine (C=N–C) groups is 2. The maximum atomic E-state index is 15.6. The van der Waals surface area contributed by atoms with Gasteiger partial charge < -0.3 is 16.0 Å². The van der Waals surface area contributed by atoms with Crippen molar-refractivity contribution in [2.24, 2.45) is 21.6 Å². The number of piperidine rings is 1. The van der Waals surface area contributed by atoms with Crippen LogP contribution in [0.2, 0.25) is 0 Å². The van der Waals surface area contributed by atoms with Crippen molar-refractivity contribution < 1.29 is 9.18 Å². The molecule has 2 aliphatic rings. The van der Waals surface area contributed by atoms with Gasteiger partial charge >= 0.3 is 0 Å². The van der Waals surface area contributed by atoms with E-state index in [0.717, 1.165) is 44.3 Å². The van der Waals surface area contributed by atoms with E-state index in [2.05, 4.69) is 28.1 Å².